The van der Waals surface area contributed by atoms with Gasteiger partial charge in [0.2, 0.25) is 11.8 Å². The molecule has 4 N–H and O–H groups in total. The van der Waals surface area contributed by atoms with Crippen LogP contribution in [0.2, 0.25) is 0 Å². The molecule has 1 aromatic rings. The number of nitrogens with one attached hydrogen (secondary N) is 4. The van der Waals surface area contributed by atoms with Crippen LogP contribution < -0.4 is 21.3 Å². The fourth-order valence-corrected chi connectivity index (χ4v) is 3.24. The van der Waals surface area contributed by atoms with Crippen LogP contribution in [-0.2, 0) is 9.59 Å². The molecule has 2 saturated heterocycles. The zero-order valence-corrected chi connectivity index (χ0v) is 12.8. The first-order valence-electron chi connectivity index (χ1n) is 7.58. The lowest BCUT2D eigenvalue weighted by Gasteiger charge is -2.38. The van der Waals surface area contributed by atoms with Crippen molar-refractivity contribution in [3.8, 4) is 0 Å². The Morgan fingerprint density at radius 3 is 2.04 bits per heavy atom. The van der Waals surface area contributed by atoms with E-state index in [4.69, 9.17) is 0 Å². The Labute approximate surface area is 135 Å². The van der Waals surface area contributed by atoms with E-state index in [1.54, 1.807) is 0 Å². The second-order valence-corrected chi connectivity index (χ2v) is 5.87. The molecule has 6 nitrogen and oxygen atoms in total. The van der Waals surface area contributed by atoms with Gasteiger partial charge in [0.15, 0.2) is 0 Å². The van der Waals surface area contributed by atoms with Crippen LogP contribution in [0.4, 0.5) is 0 Å². The molecule has 6 heteroatoms. The Kier molecular flexibility index (Phi) is 4.06. The summed E-state index contributed by atoms with van der Waals surface area (Å²) in [5, 5.41) is 11.6. The molecule has 1 atom stereocenters. The first-order chi connectivity index (χ1) is 11.1. The van der Waals surface area contributed by atoms with Gasteiger partial charge in [0.1, 0.15) is 11.7 Å². The Bertz CT molecular complexity index is 626. The SMILES string of the molecule is C=C1NCC(C(c2ccccc2)C2C(=O)NC(=C)NC2=O)CN1. The number of amides is 2. The van der Waals surface area contributed by atoms with Crippen LogP contribution in [0.5, 0.6) is 0 Å². The van der Waals surface area contributed by atoms with Crippen molar-refractivity contribution < 1.29 is 9.59 Å². The number of hydrogen-bond acceptors (Lipinski definition) is 4. The highest BCUT2D eigenvalue weighted by Crippen LogP contribution is 2.34. The minimum atomic E-state index is -0.789. The summed E-state index contributed by atoms with van der Waals surface area (Å²) in [5.41, 5.74) is 0.969. The highest BCUT2D eigenvalue weighted by atomic mass is 16.2. The first-order valence-corrected chi connectivity index (χ1v) is 7.58. The smallest absolute Gasteiger partial charge is 0.238 e. The summed E-state index contributed by atoms with van der Waals surface area (Å²) in [4.78, 5) is 24.9. The highest BCUT2D eigenvalue weighted by Gasteiger charge is 2.43. The van der Waals surface area contributed by atoms with Crippen molar-refractivity contribution in [2.45, 2.75) is 5.92 Å². The fourth-order valence-electron chi connectivity index (χ4n) is 3.24. The second kappa shape index (κ2) is 6.16. The van der Waals surface area contributed by atoms with E-state index < -0.39 is 5.92 Å². The van der Waals surface area contributed by atoms with Crippen molar-refractivity contribution in [3.05, 3.63) is 60.7 Å². The van der Waals surface area contributed by atoms with Gasteiger partial charge in [0.25, 0.3) is 0 Å². The quantitative estimate of drug-likeness (QED) is 0.608. The zero-order valence-electron chi connectivity index (χ0n) is 12.8. The van der Waals surface area contributed by atoms with Gasteiger partial charge in [0, 0.05) is 24.9 Å². The van der Waals surface area contributed by atoms with Crippen LogP contribution in [0.1, 0.15) is 11.5 Å². The fraction of sp³-hybridized carbons (Fsp3) is 0.294. The summed E-state index contributed by atoms with van der Waals surface area (Å²) >= 11 is 0. The molecule has 0 bridgehead atoms. The van der Waals surface area contributed by atoms with E-state index in [1.165, 1.54) is 0 Å². The van der Waals surface area contributed by atoms with Crippen LogP contribution in [0.15, 0.2) is 55.1 Å². The summed E-state index contributed by atoms with van der Waals surface area (Å²) in [6.45, 7) is 8.76. The Balaban J connectivity index is 1.95. The molecule has 0 aromatic heterocycles. The van der Waals surface area contributed by atoms with Crippen LogP contribution in [0.25, 0.3) is 0 Å². The Morgan fingerprint density at radius 1 is 0.913 bits per heavy atom. The second-order valence-electron chi connectivity index (χ2n) is 5.87. The zero-order chi connectivity index (χ0) is 16.4. The van der Waals surface area contributed by atoms with Gasteiger partial charge in [-0.15, -0.1) is 0 Å². The van der Waals surface area contributed by atoms with Crippen LogP contribution in [0.3, 0.4) is 0 Å². The molecule has 23 heavy (non-hydrogen) atoms. The van der Waals surface area contributed by atoms with Gasteiger partial charge in [-0.05, 0) is 5.56 Å². The Morgan fingerprint density at radius 2 is 1.48 bits per heavy atom. The molecular weight excluding hydrogens is 292 g/mol. The topological polar surface area (TPSA) is 82.3 Å². The normalized spacial score (nSPS) is 21.0. The van der Waals surface area contributed by atoms with Crippen LogP contribution >= 0.6 is 0 Å². The van der Waals surface area contributed by atoms with E-state index in [0.717, 1.165) is 11.4 Å². The lowest BCUT2D eigenvalue weighted by atomic mass is 9.74. The highest BCUT2D eigenvalue weighted by molar-refractivity contribution is 6.05. The van der Waals surface area contributed by atoms with Gasteiger partial charge in [-0.1, -0.05) is 43.5 Å². The number of carbonyl (C=O) groups is 2. The molecule has 0 aliphatic carbocycles. The van der Waals surface area contributed by atoms with E-state index in [9.17, 15) is 9.59 Å². The molecule has 2 aliphatic heterocycles. The molecule has 2 aliphatic rings. The largest absolute Gasteiger partial charge is 0.372 e. The molecule has 2 fully saturated rings. The summed E-state index contributed by atoms with van der Waals surface area (Å²) in [7, 11) is 0. The summed E-state index contributed by atoms with van der Waals surface area (Å²) < 4.78 is 0. The van der Waals surface area contributed by atoms with E-state index >= 15 is 0 Å². The molecule has 0 saturated carbocycles. The first kappa shape index (κ1) is 15.1. The number of benzene rings is 1. The molecule has 1 unspecified atom stereocenters. The molecule has 2 amide bonds. The summed E-state index contributed by atoms with van der Waals surface area (Å²) in [6.07, 6.45) is 0. The van der Waals surface area contributed by atoms with E-state index in [-0.39, 0.29) is 29.5 Å². The molecular formula is C17H20N4O2. The standard InChI is InChI=1S/C17H20N4O2/c1-10-18-8-13(9-19-10)14(12-6-4-3-5-7-12)15-16(22)20-11(2)21-17(15)23/h3-7,13-15,18-19H,1-2,8-9H2,(H,20,22)(H,21,23). The monoisotopic (exact) mass is 312 g/mol. The van der Waals surface area contributed by atoms with Crippen LogP contribution in [-0.4, -0.2) is 24.9 Å². The summed E-state index contributed by atoms with van der Waals surface area (Å²) in [6, 6.07) is 9.67. The minimum absolute atomic E-state index is 0.0794. The van der Waals surface area contributed by atoms with Gasteiger partial charge in [-0.25, -0.2) is 0 Å². The average molecular weight is 312 g/mol. The van der Waals surface area contributed by atoms with Gasteiger partial charge >= 0.3 is 0 Å². The van der Waals surface area contributed by atoms with Crippen molar-refractivity contribution in [2.24, 2.45) is 11.8 Å². The van der Waals surface area contributed by atoms with Gasteiger partial charge in [-0.3, -0.25) is 9.59 Å². The van der Waals surface area contributed by atoms with Gasteiger partial charge in [0.05, 0.1) is 5.82 Å². The minimum Gasteiger partial charge on any atom is -0.372 e. The van der Waals surface area contributed by atoms with Crippen molar-refractivity contribution in [1.82, 2.24) is 21.3 Å². The van der Waals surface area contributed by atoms with Crippen molar-refractivity contribution in [2.75, 3.05) is 13.1 Å². The maximum absolute atomic E-state index is 12.4. The Hall–Kier alpha value is -2.76. The van der Waals surface area contributed by atoms with Gasteiger partial charge < -0.3 is 21.3 Å². The molecule has 3 rings (SSSR count). The molecule has 0 spiro atoms. The third kappa shape index (κ3) is 3.06. The maximum atomic E-state index is 12.4. The van der Waals surface area contributed by atoms with E-state index in [1.807, 2.05) is 30.3 Å². The number of hydrogen-bond donors (Lipinski definition) is 4. The molecule has 1 aromatic carbocycles. The molecule has 120 valence electrons. The maximum Gasteiger partial charge on any atom is 0.238 e. The lowest BCUT2D eigenvalue weighted by Crippen LogP contribution is -2.55. The lowest BCUT2D eigenvalue weighted by molar-refractivity contribution is -0.138. The number of carbonyl (C=O) groups excluding carboxylic acids is 2. The molecule has 0 radical (unpaired) electrons. The van der Waals surface area contributed by atoms with Crippen molar-refractivity contribution >= 4 is 11.8 Å². The predicted octanol–water partition coefficient (Wildman–Crippen LogP) is 0.384. The van der Waals surface area contributed by atoms with Crippen LogP contribution in [0, 0.1) is 11.8 Å². The van der Waals surface area contributed by atoms with E-state index in [0.29, 0.717) is 13.1 Å². The van der Waals surface area contributed by atoms with Crippen molar-refractivity contribution in [3.63, 3.8) is 0 Å². The molecule has 2 heterocycles. The summed E-state index contributed by atoms with van der Waals surface area (Å²) in [5.74, 6) is -0.569. The van der Waals surface area contributed by atoms with E-state index in [2.05, 4.69) is 34.4 Å². The third-order valence-corrected chi connectivity index (χ3v) is 4.32. The third-order valence-electron chi connectivity index (χ3n) is 4.32. The average Bonchev–Trinajstić information content (AvgIpc) is 2.53. The predicted molar refractivity (Wildman–Crippen MR) is 86.7 cm³/mol. The van der Waals surface area contributed by atoms with Crippen molar-refractivity contribution in [1.29, 1.82) is 0 Å². The van der Waals surface area contributed by atoms with Gasteiger partial charge in [-0.2, -0.15) is 0 Å². The number of rotatable bonds is 3.